The Morgan fingerprint density at radius 3 is 2.75 bits per heavy atom. The summed E-state index contributed by atoms with van der Waals surface area (Å²) in [6.07, 6.45) is 2.34. The normalized spacial score (nSPS) is 15.4. The second-order valence-electron chi connectivity index (χ2n) is 5.83. The van der Waals surface area contributed by atoms with E-state index in [9.17, 15) is 13.2 Å². The third-order valence-electron chi connectivity index (χ3n) is 4.13. The summed E-state index contributed by atoms with van der Waals surface area (Å²) in [7, 11) is -3.70. The van der Waals surface area contributed by atoms with Crippen LogP contribution in [0.4, 0.5) is 0 Å². The third kappa shape index (κ3) is 3.25. The van der Waals surface area contributed by atoms with Gasteiger partial charge in [-0.1, -0.05) is 0 Å². The molecule has 130 valence electrons. The number of hydrogen-bond donors (Lipinski definition) is 1. The zero-order valence-electron chi connectivity index (χ0n) is 13.8. The molecular formula is C16H21N3O4S. The quantitative estimate of drug-likeness (QED) is 0.889. The highest BCUT2D eigenvalue weighted by molar-refractivity contribution is 7.89. The van der Waals surface area contributed by atoms with Gasteiger partial charge < -0.3 is 13.9 Å². The van der Waals surface area contributed by atoms with E-state index in [2.05, 4.69) is 4.72 Å². The molecule has 0 atom stereocenters. The Morgan fingerprint density at radius 2 is 2.08 bits per heavy atom. The summed E-state index contributed by atoms with van der Waals surface area (Å²) < 4.78 is 34.6. The highest BCUT2D eigenvalue weighted by Crippen LogP contribution is 2.20. The maximum atomic E-state index is 12.5. The minimum Gasteiger partial charge on any atom is -0.465 e. The number of aryl methyl sites for hydroxylation is 2. The van der Waals surface area contributed by atoms with E-state index in [0.717, 1.165) is 12.2 Å². The fourth-order valence-electron chi connectivity index (χ4n) is 2.82. The van der Waals surface area contributed by atoms with Crippen LogP contribution in [0.5, 0.6) is 0 Å². The van der Waals surface area contributed by atoms with Gasteiger partial charge in [0.1, 0.15) is 22.1 Å². The van der Waals surface area contributed by atoms with Crippen LogP contribution in [-0.4, -0.2) is 36.9 Å². The van der Waals surface area contributed by atoms with Crippen molar-refractivity contribution in [3.63, 3.8) is 0 Å². The Kier molecular flexibility index (Phi) is 4.51. The van der Waals surface area contributed by atoms with Gasteiger partial charge in [-0.2, -0.15) is 0 Å². The molecule has 0 radical (unpaired) electrons. The fourth-order valence-corrected chi connectivity index (χ4v) is 3.85. The van der Waals surface area contributed by atoms with Gasteiger partial charge in [0, 0.05) is 25.8 Å². The van der Waals surface area contributed by atoms with E-state index in [4.69, 9.17) is 4.42 Å². The number of fused-ring (bicyclic) bond motifs is 1. The summed E-state index contributed by atoms with van der Waals surface area (Å²) in [5.41, 5.74) is 0.420. The molecular weight excluding hydrogens is 330 g/mol. The van der Waals surface area contributed by atoms with Gasteiger partial charge in [-0.15, -0.1) is 0 Å². The minimum atomic E-state index is -3.70. The van der Waals surface area contributed by atoms with Gasteiger partial charge in [-0.05, 0) is 38.5 Å². The molecule has 0 bridgehead atoms. The highest BCUT2D eigenvalue weighted by Gasteiger charge is 2.26. The first-order valence-electron chi connectivity index (χ1n) is 7.95. The molecule has 7 nitrogen and oxygen atoms in total. The largest absolute Gasteiger partial charge is 0.465 e. The van der Waals surface area contributed by atoms with Crippen LogP contribution >= 0.6 is 0 Å². The van der Waals surface area contributed by atoms with E-state index in [1.54, 1.807) is 28.5 Å². The van der Waals surface area contributed by atoms with Crippen LogP contribution in [0.3, 0.4) is 0 Å². The summed E-state index contributed by atoms with van der Waals surface area (Å²) in [5, 5.41) is 0. The molecule has 1 aliphatic rings. The van der Waals surface area contributed by atoms with Crippen LogP contribution in [-0.2, 0) is 23.1 Å². The molecule has 0 fully saturated rings. The number of carbonyl (C=O) groups is 1. The van der Waals surface area contributed by atoms with Crippen molar-refractivity contribution in [2.24, 2.45) is 0 Å². The van der Waals surface area contributed by atoms with Crippen molar-refractivity contribution >= 4 is 15.9 Å². The van der Waals surface area contributed by atoms with Crippen LogP contribution in [0.1, 0.15) is 35.4 Å². The van der Waals surface area contributed by atoms with Gasteiger partial charge in [0.2, 0.25) is 10.0 Å². The second kappa shape index (κ2) is 6.45. The Morgan fingerprint density at radius 1 is 1.29 bits per heavy atom. The zero-order chi connectivity index (χ0) is 17.3. The Hall–Kier alpha value is -2.06. The van der Waals surface area contributed by atoms with E-state index in [1.807, 2.05) is 6.92 Å². The van der Waals surface area contributed by atoms with Crippen LogP contribution in [0.25, 0.3) is 0 Å². The molecule has 1 N–H and O–H groups in total. The number of carbonyl (C=O) groups excluding carboxylic acids is 1. The maximum absolute atomic E-state index is 12.5. The van der Waals surface area contributed by atoms with Crippen LogP contribution < -0.4 is 4.72 Å². The molecule has 24 heavy (non-hydrogen) atoms. The number of nitrogens with one attached hydrogen (secondary N) is 1. The van der Waals surface area contributed by atoms with E-state index < -0.39 is 10.0 Å². The van der Waals surface area contributed by atoms with Crippen molar-refractivity contribution in [1.29, 1.82) is 0 Å². The van der Waals surface area contributed by atoms with Gasteiger partial charge in [-0.25, -0.2) is 13.1 Å². The van der Waals surface area contributed by atoms with E-state index in [0.29, 0.717) is 31.1 Å². The lowest BCUT2D eigenvalue weighted by molar-refractivity contribution is 0.0766. The number of amides is 1. The van der Waals surface area contributed by atoms with Crippen molar-refractivity contribution in [2.75, 3.05) is 13.1 Å². The summed E-state index contributed by atoms with van der Waals surface area (Å²) in [6, 6.07) is 4.96. The summed E-state index contributed by atoms with van der Waals surface area (Å²) in [6.45, 7) is 5.72. The molecule has 8 heteroatoms. The van der Waals surface area contributed by atoms with Gasteiger partial charge in [0.25, 0.3) is 5.91 Å². The highest BCUT2D eigenvalue weighted by atomic mass is 32.2. The smallest absolute Gasteiger partial charge is 0.270 e. The molecule has 2 aromatic heterocycles. The lowest BCUT2D eigenvalue weighted by atomic mass is 10.3. The molecule has 0 spiro atoms. The maximum Gasteiger partial charge on any atom is 0.270 e. The molecule has 1 amide bonds. The molecule has 0 unspecified atom stereocenters. The van der Waals surface area contributed by atoms with Crippen LogP contribution in [0.2, 0.25) is 0 Å². The third-order valence-corrected chi connectivity index (χ3v) is 5.50. The summed E-state index contributed by atoms with van der Waals surface area (Å²) >= 11 is 0. The molecule has 1 aliphatic heterocycles. The Balaban J connectivity index is 1.82. The lowest BCUT2D eigenvalue weighted by Gasteiger charge is -2.17. The Labute approximate surface area is 141 Å². The predicted octanol–water partition coefficient (Wildman–Crippen LogP) is 1.73. The second-order valence-corrected chi connectivity index (χ2v) is 7.60. The lowest BCUT2D eigenvalue weighted by Crippen LogP contribution is -2.30. The first kappa shape index (κ1) is 16.8. The van der Waals surface area contributed by atoms with Crippen molar-refractivity contribution < 1.29 is 17.6 Å². The first-order valence-corrected chi connectivity index (χ1v) is 9.43. The molecule has 3 rings (SSSR count). The number of furan rings is 1. The molecule has 0 saturated carbocycles. The van der Waals surface area contributed by atoms with Crippen LogP contribution in [0.15, 0.2) is 33.7 Å². The molecule has 0 saturated heterocycles. The van der Waals surface area contributed by atoms with Crippen molar-refractivity contribution in [3.8, 4) is 0 Å². The monoisotopic (exact) mass is 351 g/mol. The molecule has 0 aliphatic carbocycles. The Bertz CT molecular complexity index is 851. The van der Waals surface area contributed by atoms with E-state index in [-0.39, 0.29) is 17.3 Å². The zero-order valence-corrected chi connectivity index (χ0v) is 14.6. The SMILES string of the molecule is CCN1CCCn2cc(S(=O)(=O)NCc3ccc(C)o3)cc2C1=O. The number of aromatic nitrogens is 1. The van der Waals surface area contributed by atoms with Gasteiger partial charge in [-0.3, -0.25) is 4.79 Å². The minimum absolute atomic E-state index is 0.0751. The van der Waals surface area contributed by atoms with Crippen molar-refractivity contribution in [1.82, 2.24) is 14.2 Å². The number of sulfonamides is 1. The predicted molar refractivity (Wildman–Crippen MR) is 88.1 cm³/mol. The number of hydrogen-bond acceptors (Lipinski definition) is 4. The van der Waals surface area contributed by atoms with E-state index >= 15 is 0 Å². The van der Waals surface area contributed by atoms with Crippen molar-refractivity contribution in [3.05, 3.63) is 41.6 Å². The van der Waals surface area contributed by atoms with E-state index in [1.165, 1.54) is 12.3 Å². The number of rotatable bonds is 5. The molecule has 0 aromatic carbocycles. The summed E-state index contributed by atoms with van der Waals surface area (Å²) in [5.74, 6) is 1.15. The van der Waals surface area contributed by atoms with Crippen LogP contribution in [0, 0.1) is 6.92 Å². The average Bonchev–Trinajstić information content (AvgIpc) is 3.13. The van der Waals surface area contributed by atoms with Gasteiger partial charge in [0.15, 0.2) is 0 Å². The standard InChI is InChI=1S/C16H21N3O4S/c1-3-18-7-4-8-19-11-14(9-15(19)16(18)20)24(21,22)17-10-13-6-5-12(2)23-13/h5-6,9,11,17H,3-4,7-8,10H2,1-2H3. The number of nitrogens with zero attached hydrogens (tertiary/aromatic N) is 2. The molecule has 3 heterocycles. The topological polar surface area (TPSA) is 84.6 Å². The average molecular weight is 351 g/mol. The first-order chi connectivity index (χ1) is 11.4. The summed E-state index contributed by atoms with van der Waals surface area (Å²) in [4.78, 5) is 14.3. The van der Waals surface area contributed by atoms with Crippen molar-refractivity contribution in [2.45, 2.75) is 38.3 Å². The fraction of sp³-hybridized carbons (Fsp3) is 0.438. The van der Waals surface area contributed by atoms with Gasteiger partial charge in [0.05, 0.1) is 6.54 Å². The van der Waals surface area contributed by atoms with Gasteiger partial charge >= 0.3 is 0 Å². The molecule has 2 aromatic rings.